The van der Waals surface area contributed by atoms with Gasteiger partial charge in [0.2, 0.25) is 70.9 Å². The fourth-order valence-electron chi connectivity index (χ4n) is 9.56. The van der Waals surface area contributed by atoms with Gasteiger partial charge in [0.1, 0.15) is 61.2 Å². The molecular formula is C61H89N13O25S. The van der Waals surface area contributed by atoms with Crippen molar-refractivity contribution in [1.82, 2.24) is 63.4 Å². The number of rotatable bonds is 49. The van der Waals surface area contributed by atoms with Crippen molar-refractivity contribution in [2.75, 3.05) is 57.9 Å². The maximum absolute atomic E-state index is 14.3. The molecule has 0 saturated carbocycles. The Bertz CT molecular complexity index is 3100. The molecule has 9 atom stereocenters. The predicted octanol–water partition coefficient (Wildman–Crippen LogP) is -5.44. The number of nitrogens with one attached hydrogen (secondary N) is 11. The highest BCUT2D eigenvalue weighted by Crippen LogP contribution is 2.19. The molecular weight excluding hydrogens is 1350 g/mol. The molecule has 1 aromatic carbocycles. The lowest BCUT2D eigenvalue weighted by molar-refractivity contribution is -0.142. The number of aliphatic carboxylic acids is 5. The third-order valence-corrected chi connectivity index (χ3v) is 15.4. The highest BCUT2D eigenvalue weighted by molar-refractivity contribution is 7.98. The van der Waals surface area contributed by atoms with Crippen LogP contribution in [-0.2, 0) is 97.5 Å². The molecule has 38 nitrogen and oxygen atoms in total. The van der Waals surface area contributed by atoms with E-state index in [1.54, 1.807) is 20.1 Å². The van der Waals surface area contributed by atoms with Gasteiger partial charge in [-0.1, -0.05) is 38.1 Å². The molecule has 12 amide bonds. The summed E-state index contributed by atoms with van der Waals surface area (Å²) in [5.74, 6) is -19.1. The highest BCUT2D eigenvalue weighted by Gasteiger charge is 2.38. The van der Waals surface area contributed by atoms with Crippen LogP contribution in [0.2, 0.25) is 0 Å². The van der Waals surface area contributed by atoms with Crippen LogP contribution in [0.15, 0.2) is 24.3 Å². The van der Waals surface area contributed by atoms with Gasteiger partial charge in [-0.3, -0.25) is 86.3 Å². The molecule has 0 radical (unpaired) electrons. The van der Waals surface area contributed by atoms with Gasteiger partial charge in [-0.15, -0.1) is 0 Å². The number of nitrogens with two attached hydrogens (primary N) is 1. The Morgan fingerprint density at radius 3 is 1.44 bits per heavy atom. The number of hydrogen-bond donors (Lipinski definition) is 17. The number of ketones is 1. The van der Waals surface area contributed by atoms with Crippen LogP contribution in [0.25, 0.3) is 0 Å². The number of carbonyl (C=O) groups excluding carboxylic acids is 14. The minimum atomic E-state index is -1.96. The van der Waals surface area contributed by atoms with Crippen molar-refractivity contribution >= 4 is 125 Å². The largest absolute Gasteiger partial charge is 0.481 e. The Labute approximate surface area is 577 Å². The summed E-state index contributed by atoms with van der Waals surface area (Å²) in [5.41, 5.74) is 6.39. The molecule has 2 rings (SSSR count). The molecule has 1 saturated heterocycles. The Balaban J connectivity index is 2.30. The second-order valence-corrected chi connectivity index (χ2v) is 24.2. The summed E-state index contributed by atoms with van der Waals surface area (Å²) >= 11 is 1.21. The average Bonchev–Trinajstić information content (AvgIpc) is 1.60. The first-order valence-electron chi connectivity index (χ1n) is 31.6. The molecule has 18 N–H and O–H groups in total. The zero-order chi connectivity index (χ0) is 75.2. The van der Waals surface area contributed by atoms with Gasteiger partial charge in [0.05, 0.1) is 32.3 Å². The first kappa shape index (κ1) is 85.9. The van der Waals surface area contributed by atoms with Crippen molar-refractivity contribution in [1.29, 1.82) is 0 Å². The summed E-state index contributed by atoms with van der Waals surface area (Å²) in [6.07, 6.45) is -4.65. The van der Waals surface area contributed by atoms with Crippen molar-refractivity contribution < 1.29 is 121 Å². The summed E-state index contributed by atoms with van der Waals surface area (Å²) < 4.78 is 5.58. The van der Waals surface area contributed by atoms with Gasteiger partial charge in [-0.25, -0.2) is 0 Å². The Morgan fingerprint density at radius 2 is 0.990 bits per heavy atom. The van der Waals surface area contributed by atoms with E-state index in [9.17, 15) is 112 Å². The number of thioether (sulfide) groups is 1. The van der Waals surface area contributed by atoms with E-state index in [0.29, 0.717) is 18.3 Å². The number of amides is 12. The van der Waals surface area contributed by atoms with Gasteiger partial charge in [0.25, 0.3) is 0 Å². The molecule has 0 aliphatic carbocycles. The number of Topliss-reactive ketones (excluding diaryl/α,β-unsaturated/α-hetero) is 1. The van der Waals surface area contributed by atoms with Crippen molar-refractivity contribution in [3.63, 3.8) is 0 Å². The first-order chi connectivity index (χ1) is 47.1. The molecule has 1 heterocycles. The molecule has 0 unspecified atom stereocenters. The van der Waals surface area contributed by atoms with Gasteiger partial charge in [0, 0.05) is 62.9 Å². The maximum atomic E-state index is 14.3. The fourth-order valence-corrected chi connectivity index (χ4v) is 10.1. The highest BCUT2D eigenvalue weighted by atomic mass is 32.2. The summed E-state index contributed by atoms with van der Waals surface area (Å²) in [4.78, 5) is 243. The van der Waals surface area contributed by atoms with E-state index < -0.39 is 239 Å². The molecule has 554 valence electrons. The van der Waals surface area contributed by atoms with E-state index >= 15 is 0 Å². The minimum absolute atomic E-state index is 0.0943. The van der Waals surface area contributed by atoms with Crippen LogP contribution in [0.4, 0.5) is 0 Å². The molecule has 1 fully saturated rings. The van der Waals surface area contributed by atoms with Crippen LogP contribution in [-0.4, -0.2) is 256 Å². The van der Waals surface area contributed by atoms with Gasteiger partial charge in [0.15, 0.2) is 5.78 Å². The lowest BCUT2D eigenvalue weighted by Gasteiger charge is -2.27. The Kier molecular flexibility index (Phi) is 39.0. The molecule has 0 aromatic heterocycles. The van der Waals surface area contributed by atoms with Crippen LogP contribution in [0.3, 0.4) is 0 Å². The normalized spacial score (nSPS) is 14.8. The van der Waals surface area contributed by atoms with Gasteiger partial charge >= 0.3 is 29.8 Å². The molecule has 0 bridgehead atoms. The molecule has 39 heteroatoms. The second kappa shape index (κ2) is 45.4. The number of ether oxygens (including phenoxy) is 1. The zero-order valence-electron chi connectivity index (χ0n) is 55.6. The topological polar surface area (TPSA) is 596 Å². The van der Waals surface area contributed by atoms with Crippen LogP contribution in [0, 0.1) is 5.92 Å². The van der Waals surface area contributed by atoms with Gasteiger partial charge < -0.3 is 104 Å². The fraction of sp³-hybridized carbons (Fsp3) is 0.590. The third kappa shape index (κ3) is 33.9. The van der Waals surface area contributed by atoms with Crippen LogP contribution in [0.1, 0.15) is 120 Å². The van der Waals surface area contributed by atoms with E-state index in [4.69, 9.17) is 15.6 Å². The van der Waals surface area contributed by atoms with Crippen LogP contribution >= 0.6 is 11.8 Å². The second-order valence-electron chi connectivity index (χ2n) is 23.3. The van der Waals surface area contributed by atoms with E-state index in [0.717, 1.165) is 0 Å². The number of likely N-dealkylation sites (tertiary alicyclic amines) is 1. The molecule has 1 aliphatic heterocycles. The van der Waals surface area contributed by atoms with E-state index in [-0.39, 0.29) is 68.5 Å². The van der Waals surface area contributed by atoms with Crippen molar-refractivity contribution in [3.8, 4) is 0 Å². The Hall–Kier alpha value is -10.2. The summed E-state index contributed by atoms with van der Waals surface area (Å²) in [6.45, 7) is 2.32. The number of nitrogens with zero attached hydrogens (tertiary/aromatic N) is 1. The monoisotopic (exact) mass is 1440 g/mol. The van der Waals surface area contributed by atoms with Crippen molar-refractivity contribution in [2.45, 2.75) is 165 Å². The molecule has 0 spiro atoms. The van der Waals surface area contributed by atoms with Crippen molar-refractivity contribution in [3.05, 3.63) is 35.4 Å². The molecule has 1 aliphatic rings. The SMILES string of the molecule is CSC[C@H](NC(=O)CNC(=O)[C@H](CC(C)C)NC(=O)[C@@H]1CCCN1C(=O)COCCNC(=O)[C@H](Cc1ccc(C(C)=O)cc1)NC(=O)[C@H](CCC(=O)O)NC(=O)[C@H](CCC(=O)O)NC(=O)[C@H](CCC(=O)O)NC(=O)[C@@H](CCC(=O)O)NC(=O)[C@H](N)CCC(=O)O)C(=O)NCC(=O)NCC=O. The van der Waals surface area contributed by atoms with Crippen molar-refractivity contribution in [2.24, 2.45) is 11.7 Å². The summed E-state index contributed by atoms with van der Waals surface area (Å²) in [6, 6.07) is -8.21. The number of carbonyl (C=O) groups is 19. The number of aldehydes is 1. The standard InChI is InChI=1S/C61H89N13O25S/c1-32(2)26-41(55(92)66-29-46(78)67-43(31-100-4)56(93)65-28-45(77)63-21-24-75)73-61(98)44-6-5-23-74(44)47(79)30-99-25-22-64-54(91)42(27-34-7-9-35(10-8-34)33(3)76)72-60(97)40(15-20-52(88)89)71-59(96)39(14-19-51(86)87)70-58(95)38(13-18-50(84)85)69-57(94)37(12-17-49(82)83)68-53(90)36(62)11-16-48(80)81/h7-10,24,32,36-44H,5-6,11-23,25-31,62H2,1-4H3,(H,63,77)(H,64,91)(H,65,93)(H,66,92)(H,67,78)(H,68,90)(H,69,94)(H,70,95)(H,71,96)(H,72,97)(H,73,98)(H,80,81)(H,82,83)(H,84,85)(H,86,87)(H,88,89)/t36-,37-,38+,39+,40+,41+,42+,43+,44+/m1/s1. The van der Waals surface area contributed by atoms with Gasteiger partial charge in [-0.05, 0) is 76.0 Å². The van der Waals surface area contributed by atoms with E-state index in [1.165, 1.54) is 47.9 Å². The quantitative estimate of drug-likeness (QED) is 0.0164. The predicted molar refractivity (Wildman–Crippen MR) is 347 cm³/mol. The lowest BCUT2D eigenvalue weighted by Crippen LogP contribution is -2.59. The summed E-state index contributed by atoms with van der Waals surface area (Å²) in [7, 11) is 0. The summed E-state index contributed by atoms with van der Waals surface area (Å²) in [5, 5.41) is 73.0. The number of carboxylic acid groups (broad SMARTS) is 5. The first-order valence-corrected chi connectivity index (χ1v) is 33.0. The van der Waals surface area contributed by atoms with Crippen LogP contribution < -0.4 is 64.2 Å². The van der Waals surface area contributed by atoms with E-state index in [1.807, 2.05) is 0 Å². The van der Waals surface area contributed by atoms with Gasteiger partial charge in [-0.2, -0.15) is 11.8 Å². The number of benzene rings is 1. The third-order valence-electron chi connectivity index (χ3n) is 14.8. The minimum Gasteiger partial charge on any atom is -0.481 e. The number of hydrogen-bond acceptors (Lipinski definition) is 22. The van der Waals surface area contributed by atoms with Crippen LogP contribution in [0.5, 0.6) is 0 Å². The smallest absolute Gasteiger partial charge is 0.303 e. The maximum Gasteiger partial charge on any atom is 0.303 e. The lowest BCUT2D eigenvalue weighted by atomic mass is 10.0. The molecule has 1 aromatic rings. The molecule has 100 heavy (non-hydrogen) atoms. The zero-order valence-corrected chi connectivity index (χ0v) is 56.4. The van der Waals surface area contributed by atoms with E-state index in [2.05, 4.69) is 58.5 Å². The number of carboxylic acids is 5. The average molecular weight is 1440 g/mol. The Morgan fingerprint density at radius 1 is 0.550 bits per heavy atom.